The predicted molar refractivity (Wildman–Crippen MR) is 111 cm³/mol. The lowest BCUT2D eigenvalue weighted by molar-refractivity contribution is 0.236. The van der Waals surface area contributed by atoms with E-state index in [4.69, 9.17) is 14.2 Å². The molecule has 2 N–H and O–H groups in total. The summed E-state index contributed by atoms with van der Waals surface area (Å²) in [6.07, 6.45) is 0.700. The van der Waals surface area contributed by atoms with Gasteiger partial charge in [-0.3, -0.25) is 0 Å². The van der Waals surface area contributed by atoms with Crippen LogP contribution in [-0.4, -0.2) is 39.9 Å². The van der Waals surface area contributed by atoms with Crippen LogP contribution in [0.1, 0.15) is 22.3 Å². The predicted octanol–water partition coefficient (Wildman–Crippen LogP) is 3.55. The van der Waals surface area contributed by atoms with Crippen LogP contribution in [0, 0.1) is 20.8 Å². The van der Waals surface area contributed by atoms with Crippen molar-refractivity contribution in [2.75, 3.05) is 33.9 Å². The number of rotatable bonds is 9. The molecule has 0 saturated heterocycles. The van der Waals surface area contributed by atoms with Gasteiger partial charge in [0.25, 0.3) is 0 Å². The minimum atomic E-state index is -0.207. The van der Waals surface area contributed by atoms with Crippen LogP contribution in [0.15, 0.2) is 30.3 Å². The number of benzene rings is 2. The van der Waals surface area contributed by atoms with Crippen LogP contribution in [0.3, 0.4) is 0 Å². The Hall–Kier alpha value is -2.89. The minimum absolute atomic E-state index is 0.207. The van der Waals surface area contributed by atoms with Crippen molar-refractivity contribution in [1.82, 2.24) is 10.6 Å². The number of amides is 2. The van der Waals surface area contributed by atoms with Gasteiger partial charge in [0, 0.05) is 6.54 Å². The molecule has 2 aromatic carbocycles. The summed E-state index contributed by atoms with van der Waals surface area (Å²) in [6, 6.07) is 9.66. The van der Waals surface area contributed by atoms with Gasteiger partial charge in [0.2, 0.25) is 0 Å². The summed E-state index contributed by atoms with van der Waals surface area (Å²) in [7, 11) is 3.21. The van der Waals surface area contributed by atoms with Crippen molar-refractivity contribution >= 4 is 6.03 Å². The normalized spacial score (nSPS) is 10.3. The summed E-state index contributed by atoms with van der Waals surface area (Å²) in [5.74, 6) is 2.27. The molecule has 0 aliphatic carbocycles. The molecule has 2 rings (SSSR count). The van der Waals surface area contributed by atoms with E-state index in [1.807, 2.05) is 38.1 Å². The van der Waals surface area contributed by atoms with E-state index in [9.17, 15) is 4.79 Å². The van der Waals surface area contributed by atoms with E-state index in [0.29, 0.717) is 37.6 Å². The van der Waals surface area contributed by atoms with Crippen LogP contribution >= 0.6 is 0 Å². The van der Waals surface area contributed by atoms with E-state index in [-0.39, 0.29) is 6.03 Å². The molecule has 28 heavy (non-hydrogen) atoms. The average molecular weight is 386 g/mol. The zero-order chi connectivity index (χ0) is 20.5. The van der Waals surface area contributed by atoms with E-state index in [1.165, 1.54) is 5.56 Å². The summed E-state index contributed by atoms with van der Waals surface area (Å²) in [5, 5.41) is 5.66. The number of methoxy groups -OCH3 is 2. The summed E-state index contributed by atoms with van der Waals surface area (Å²) < 4.78 is 16.4. The second-order valence-corrected chi connectivity index (χ2v) is 6.62. The molecule has 0 spiro atoms. The lowest BCUT2D eigenvalue weighted by atomic mass is 10.1. The zero-order valence-electron chi connectivity index (χ0n) is 17.3. The third-order valence-electron chi connectivity index (χ3n) is 4.65. The number of aryl methyl sites for hydroxylation is 2. The Morgan fingerprint density at radius 1 is 0.893 bits per heavy atom. The standard InChI is InChI=1S/C22H30N2O4/c1-15-6-7-16(2)21(17(15)3)28-13-12-24-22(25)23-11-10-18-8-9-19(26-4)20(14-18)27-5/h6-9,14H,10-13H2,1-5H3,(H2,23,24,25). The topological polar surface area (TPSA) is 68.8 Å². The van der Waals surface area contributed by atoms with Crippen molar-refractivity contribution in [1.29, 1.82) is 0 Å². The van der Waals surface area contributed by atoms with Gasteiger partial charge in [-0.2, -0.15) is 0 Å². The number of hydrogen-bond acceptors (Lipinski definition) is 4. The highest BCUT2D eigenvalue weighted by molar-refractivity contribution is 5.73. The molecule has 0 bridgehead atoms. The number of carbonyl (C=O) groups excluding carboxylic acids is 1. The van der Waals surface area contributed by atoms with Crippen LogP contribution in [0.2, 0.25) is 0 Å². The molecule has 0 radical (unpaired) electrons. The highest BCUT2D eigenvalue weighted by Gasteiger charge is 2.07. The number of ether oxygens (including phenoxy) is 3. The van der Waals surface area contributed by atoms with Crippen LogP contribution < -0.4 is 24.8 Å². The van der Waals surface area contributed by atoms with Crippen molar-refractivity contribution in [3.8, 4) is 17.2 Å². The lowest BCUT2D eigenvalue weighted by Gasteiger charge is -2.14. The van der Waals surface area contributed by atoms with E-state index in [2.05, 4.69) is 23.6 Å². The van der Waals surface area contributed by atoms with Gasteiger partial charge in [0.1, 0.15) is 12.4 Å². The maximum absolute atomic E-state index is 11.9. The molecule has 0 unspecified atom stereocenters. The fourth-order valence-electron chi connectivity index (χ4n) is 2.88. The first-order valence-corrected chi connectivity index (χ1v) is 9.38. The van der Waals surface area contributed by atoms with E-state index in [1.54, 1.807) is 14.2 Å². The first kappa shape index (κ1) is 21.4. The molecular formula is C22H30N2O4. The Balaban J connectivity index is 1.70. The van der Waals surface area contributed by atoms with Gasteiger partial charge in [-0.25, -0.2) is 4.79 Å². The van der Waals surface area contributed by atoms with Crippen LogP contribution in [0.5, 0.6) is 17.2 Å². The second kappa shape index (κ2) is 10.4. The van der Waals surface area contributed by atoms with Crippen LogP contribution in [0.25, 0.3) is 0 Å². The van der Waals surface area contributed by atoms with Crippen molar-refractivity contribution in [2.24, 2.45) is 0 Å². The monoisotopic (exact) mass is 386 g/mol. The molecule has 0 aliphatic heterocycles. The highest BCUT2D eigenvalue weighted by Crippen LogP contribution is 2.27. The Labute approximate surface area is 167 Å². The quantitative estimate of drug-likeness (QED) is 0.647. The second-order valence-electron chi connectivity index (χ2n) is 6.62. The highest BCUT2D eigenvalue weighted by atomic mass is 16.5. The Morgan fingerprint density at radius 2 is 1.57 bits per heavy atom. The molecule has 6 heteroatoms. The smallest absolute Gasteiger partial charge is 0.314 e. The van der Waals surface area contributed by atoms with E-state index in [0.717, 1.165) is 22.4 Å². The summed E-state index contributed by atoms with van der Waals surface area (Å²) >= 11 is 0. The Morgan fingerprint density at radius 3 is 2.29 bits per heavy atom. The van der Waals surface area contributed by atoms with Gasteiger partial charge < -0.3 is 24.8 Å². The molecule has 152 valence electrons. The maximum atomic E-state index is 11.9. The number of hydrogen-bond donors (Lipinski definition) is 2. The zero-order valence-corrected chi connectivity index (χ0v) is 17.3. The molecule has 0 heterocycles. The van der Waals surface area contributed by atoms with Gasteiger partial charge in [0.15, 0.2) is 11.5 Å². The fraction of sp³-hybridized carbons (Fsp3) is 0.409. The Kier molecular flexibility index (Phi) is 7.99. The summed E-state index contributed by atoms with van der Waals surface area (Å²) in [6.45, 7) is 7.52. The molecule has 2 amide bonds. The molecule has 2 aromatic rings. The first-order valence-electron chi connectivity index (χ1n) is 9.38. The van der Waals surface area contributed by atoms with E-state index < -0.39 is 0 Å². The third kappa shape index (κ3) is 5.81. The fourth-order valence-corrected chi connectivity index (χ4v) is 2.88. The minimum Gasteiger partial charge on any atom is -0.493 e. The van der Waals surface area contributed by atoms with Crippen molar-refractivity contribution in [2.45, 2.75) is 27.2 Å². The van der Waals surface area contributed by atoms with Gasteiger partial charge in [-0.1, -0.05) is 18.2 Å². The molecule has 0 saturated carbocycles. The van der Waals surface area contributed by atoms with Gasteiger partial charge >= 0.3 is 6.03 Å². The Bertz CT molecular complexity index is 805. The summed E-state index contributed by atoms with van der Waals surface area (Å²) in [5.41, 5.74) is 4.50. The molecule has 0 fully saturated rings. The number of carbonyl (C=O) groups is 1. The number of nitrogens with one attached hydrogen (secondary N) is 2. The molecule has 0 aromatic heterocycles. The van der Waals surface area contributed by atoms with E-state index >= 15 is 0 Å². The van der Waals surface area contributed by atoms with Gasteiger partial charge in [-0.15, -0.1) is 0 Å². The maximum Gasteiger partial charge on any atom is 0.314 e. The lowest BCUT2D eigenvalue weighted by Crippen LogP contribution is -2.38. The SMILES string of the molecule is COc1ccc(CCNC(=O)NCCOc2c(C)ccc(C)c2C)cc1OC. The van der Waals surface area contributed by atoms with Crippen molar-refractivity contribution in [3.63, 3.8) is 0 Å². The van der Waals surface area contributed by atoms with Gasteiger partial charge in [0.05, 0.1) is 20.8 Å². The van der Waals surface area contributed by atoms with Crippen LogP contribution in [-0.2, 0) is 6.42 Å². The average Bonchev–Trinajstić information content (AvgIpc) is 2.70. The molecule has 0 aliphatic rings. The largest absolute Gasteiger partial charge is 0.493 e. The summed E-state index contributed by atoms with van der Waals surface area (Å²) in [4.78, 5) is 11.9. The number of urea groups is 1. The molecule has 6 nitrogen and oxygen atoms in total. The van der Waals surface area contributed by atoms with Crippen molar-refractivity contribution < 1.29 is 19.0 Å². The molecular weight excluding hydrogens is 356 g/mol. The van der Waals surface area contributed by atoms with Crippen molar-refractivity contribution in [3.05, 3.63) is 52.6 Å². The first-order chi connectivity index (χ1) is 13.5. The molecule has 0 atom stereocenters. The van der Waals surface area contributed by atoms with Gasteiger partial charge in [-0.05, 0) is 61.6 Å². The third-order valence-corrected chi connectivity index (χ3v) is 4.65. The van der Waals surface area contributed by atoms with Crippen LogP contribution in [0.4, 0.5) is 4.79 Å².